The summed E-state index contributed by atoms with van der Waals surface area (Å²) < 4.78 is 1.31. The van der Waals surface area contributed by atoms with Crippen LogP contribution in [0, 0.1) is 0 Å². The highest BCUT2D eigenvalue weighted by Crippen LogP contribution is 2.30. The van der Waals surface area contributed by atoms with Crippen molar-refractivity contribution in [2.24, 2.45) is 0 Å². The second kappa shape index (κ2) is 6.60. The van der Waals surface area contributed by atoms with Gasteiger partial charge in [0.25, 0.3) is 5.91 Å². The number of hydrogen-bond acceptors (Lipinski definition) is 5. The molecule has 0 aliphatic rings. The number of aromatic nitrogens is 3. The maximum Gasteiger partial charge on any atom is 0.277 e. The van der Waals surface area contributed by atoms with Crippen molar-refractivity contribution < 1.29 is 14.7 Å². The van der Waals surface area contributed by atoms with E-state index in [0.29, 0.717) is 16.5 Å². The van der Waals surface area contributed by atoms with Gasteiger partial charge in [-0.15, -0.1) is 5.10 Å². The van der Waals surface area contributed by atoms with Gasteiger partial charge in [-0.25, -0.2) is 4.68 Å². The number of phenols is 1. The Labute approximate surface area is 143 Å². The number of benzene rings is 2. The Morgan fingerprint density at radius 3 is 2.60 bits per heavy atom. The molecular weight excluding hydrogens is 322 g/mol. The van der Waals surface area contributed by atoms with Crippen molar-refractivity contribution in [2.75, 3.05) is 19.4 Å². The molecule has 0 aliphatic heterocycles. The summed E-state index contributed by atoms with van der Waals surface area (Å²) in [5.74, 6) is -0.456. The number of nitrogens with one attached hydrogen (secondary N) is 1. The monoisotopic (exact) mass is 339 g/mol. The third-order valence-corrected chi connectivity index (χ3v) is 3.72. The highest BCUT2D eigenvalue weighted by atomic mass is 16.3. The fraction of sp³-hybridized carbons (Fsp3) is 0.176. The molecule has 0 unspecified atom stereocenters. The van der Waals surface area contributed by atoms with Crippen LogP contribution in [-0.2, 0) is 11.3 Å². The number of hydrogen-bond donors (Lipinski definition) is 2. The molecule has 2 N–H and O–H groups in total. The number of rotatable bonds is 4. The van der Waals surface area contributed by atoms with Gasteiger partial charge in [0.2, 0.25) is 5.91 Å². The third kappa shape index (κ3) is 3.42. The fourth-order valence-electron chi connectivity index (χ4n) is 2.34. The molecule has 1 aromatic heterocycles. The van der Waals surface area contributed by atoms with Gasteiger partial charge in [-0.2, -0.15) is 0 Å². The van der Waals surface area contributed by atoms with E-state index in [4.69, 9.17) is 0 Å². The Morgan fingerprint density at radius 1 is 1.16 bits per heavy atom. The zero-order valence-electron chi connectivity index (χ0n) is 13.8. The minimum absolute atomic E-state index is 0.00935. The number of nitrogens with zero attached hydrogens (tertiary/aromatic N) is 4. The van der Waals surface area contributed by atoms with E-state index < -0.39 is 5.91 Å². The molecule has 0 spiro atoms. The normalized spacial score (nSPS) is 10.6. The van der Waals surface area contributed by atoms with Crippen molar-refractivity contribution in [3.63, 3.8) is 0 Å². The lowest BCUT2D eigenvalue weighted by Crippen LogP contribution is -2.26. The maximum absolute atomic E-state index is 12.4. The molecule has 128 valence electrons. The predicted octanol–water partition coefficient (Wildman–Crippen LogP) is 1.48. The van der Waals surface area contributed by atoms with Gasteiger partial charge in [-0.05, 0) is 12.1 Å². The number of amides is 2. The molecule has 0 radical (unpaired) electrons. The SMILES string of the molecule is CN(C)C(=O)Cn1cc(C(=O)Nc2ccc(O)c3ccccc23)nn1. The molecule has 8 heteroatoms. The van der Waals surface area contributed by atoms with Gasteiger partial charge in [0.05, 0.1) is 6.20 Å². The number of likely N-dealkylation sites (N-methyl/N-ethyl adjacent to an activating group) is 1. The number of fused-ring (bicyclic) bond motifs is 1. The van der Waals surface area contributed by atoms with Crippen LogP contribution in [0.3, 0.4) is 0 Å². The van der Waals surface area contributed by atoms with Gasteiger partial charge in [0.1, 0.15) is 12.3 Å². The quantitative estimate of drug-likeness (QED) is 0.701. The molecule has 0 saturated heterocycles. The summed E-state index contributed by atoms with van der Waals surface area (Å²) in [5.41, 5.74) is 0.654. The molecule has 1 heterocycles. The van der Waals surface area contributed by atoms with Crippen LogP contribution in [0.4, 0.5) is 5.69 Å². The summed E-state index contributed by atoms with van der Waals surface area (Å²) in [6.07, 6.45) is 1.42. The lowest BCUT2D eigenvalue weighted by Gasteiger charge is -2.09. The van der Waals surface area contributed by atoms with Crippen molar-refractivity contribution in [1.29, 1.82) is 0 Å². The highest BCUT2D eigenvalue weighted by Gasteiger charge is 2.15. The predicted molar refractivity (Wildman–Crippen MR) is 92.3 cm³/mol. The molecule has 25 heavy (non-hydrogen) atoms. The molecular formula is C17H17N5O3. The lowest BCUT2D eigenvalue weighted by atomic mass is 10.1. The smallest absolute Gasteiger partial charge is 0.277 e. The van der Waals surface area contributed by atoms with E-state index in [1.807, 2.05) is 6.07 Å². The lowest BCUT2D eigenvalue weighted by molar-refractivity contribution is -0.129. The first-order valence-electron chi connectivity index (χ1n) is 7.58. The maximum atomic E-state index is 12.4. The van der Waals surface area contributed by atoms with Crippen LogP contribution in [-0.4, -0.2) is 50.9 Å². The summed E-state index contributed by atoms with van der Waals surface area (Å²) >= 11 is 0. The molecule has 8 nitrogen and oxygen atoms in total. The van der Waals surface area contributed by atoms with E-state index >= 15 is 0 Å². The number of carbonyl (C=O) groups excluding carboxylic acids is 2. The molecule has 0 saturated carbocycles. The first kappa shape index (κ1) is 16.4. The third-order valence-electron chi connectivity index (χ3n) is 3.72. The Bertz CT molecular complexity index is 948. The fourth-order valence-corrected chi connectivity index (χ4v) is 2.34. The van der Waals surface area contributed by atoms with Crippen LogP contribution in [0.15, 0.2) is 42.6 Å². The largest absolute Gasteiger partial charge is 0.507 e. The minimum Gasteiger partial charge on any atom is -0.507 e. The molecule has 0 atom stereocenters. The standard InChI is InChI=1S/C17H17N5O3/c1-21(2)16(24)10-22-9-14(19-20-22)17(25)18-13-7-8-15(23)12-6-4-3-5-11(12)13/h3-9,23H,10H2,1-2H3,(H,18,25). The Kier molecular flexibility index (Phi) is 4.34. The first-order valence-corrected chi connectivity index (χ1v) is 7.58. The van der Waals surface area contributed by atoms with Crippen molar-refractivity contribution in [3.8, 4) is 5.75 Å². The molecule has 3 aromatic rings. The van der Waals surface area contributed by atoms with E-state index in [9.17, 15) is 14.7 Å². The zero-order valence-corrected chi connectivity index (χ0v) is 13.8. The summed E-state index contributed by atoms with van der Waals surface area (Å²) in [5, 5.41) is 21.6. The Balaban J connectivity index is 1.81. The number of aromatic hydroxyl groups is 1. The van der Waals surface area contributed by atoms with Crippen molar-refractivity contribution in [1.82, 2.24) is 19.9 Å². The number of anilines is 1. The van der Waals surface area contributed by atoms with Crippen LogP contribution >= 0.6 is 0 Å². The van der Waals surface area contributed by atoms with Crippen LogP contribution in [0.1, 0.15) is 10.5 Å². The summed E-state index contributed by atoms with van der Waals surface area (Å²) in [6.45, 7) is 0.00935. The molecule has 2 aromatic carbocycles. The number of carbonyl (C=O) groups is 2. The van der Waals surface area contributed by atoms with Crippen molar-refractivity contribution >= 4 is 28.3 Å². The topological polar surface area (TPSA) is 100 Å². The summed E-state index contributed by atoms with van der Waals surface area (Å²) in [7, 11) is 3.28. The van der Waals surface area contributed by atoms with E-state index in [1.54, 1.807) is 38.4 Å². The Morgan fingerprint density at radius 2 is 1.88 bits per heavy atom. The second-order valence-corrected chi connectivity index (χ2v) is 5.72. The minimum atomic E-state index is -0.445. The van der Waals surface area contributed by atoms with Gasteiger partial charge in [0.15, 0.2) is 5.69 Å². The molecule has 0 bridgehead atoms. The van der Waals surface area contributed by atoms with Crippen LogP contribution in [0.2, 0.25) is 0 Å². The van der Waals surface area contributed by atoms with E-state index in [-0.39, 0.29) is 23.9 Å². The molecule has 0 fully saturated rings. The van der Waals surface area contributed by atoms with Gasteiger partial charge < -0.3 is 15.3 Å². The highest BCUT2D eigenvalue weighted by molar-refractivity contribution is 6.09. The van der Waals surface area contributed by atoms with Crippen LogP contribution in [0.5, 0.6) is 5.75 Å². The van der Waals surface area contributed by atoms with E-state index in [2.05, 4.69) is 15.6 Å². The van der Waals surface area contributed by atoms with Crippen molar-refractivity contribution in [2.45, 2.75) is 6.54 Å². The van der Waals surface area contributed by atoms with Crippen LogP contribution in [0.25, 0.3) is 10.8 Å². The number of phenolic OH excluding ortho intramolecular Hbond substituents is 1. The average Bonchev–Trinajstić information content (AvgIpc) is 3.06. The van der Waals surface area contributed by atoms with Crippen molar-refractivity contribution in [3.05, 3.63) is 48.3 Å². The van der Waals surface area contributed by atoms with E-state index in [1.165, 1.54) is 21.8 Å². The van der Waals surface area contributed by atoms with Gasteiger partial charge in [0, 0.05) is 30.6 Å². The van der Waals surface area contributed by atoms with Gasteiger partial charge in [-0.3, -0.25) is 9.59 Å². The van der Waals surface area contributed by atoms with Gasteiger partial charge in [-0.1, -0.05) is 29.5 Å². The average molecular weight is 339 g/mol. The molecule has 0 aliphatic carbocycles. The molecule has 2 amide bonds. The molecule has 3 rings (SSSR count). The Hall–Kier alpha value is -3.42. The zero-order chi connectivity index (χ0) is 18.0. The van der Waals surface area contributed by atoms with E-state index in [0.717, 1.165) is 0 Å². The summed E-state index contributed by atoms with van der Waals surface area (Å²) in [6, 6.07) is 10.3. The van der Waals surface area contributed by atoms with Crippen LogP contribution < -0.4 is 5.32 Å². The second-order valence-electron chi connectivity index (χ2n) is 5.72. The van der Waals surface area contributed by atoms with Gasteiger partial charge >= 0.3 is 0 Å². The first-order chi connectivity index (χ1) is 12.0. The summed E-state index contributed by atoms with van der Waals surface area (Å²) in [4.78, 5) is 25.5.